The SMILES string of the molecule is O=[N+]([O-])c1cc2c(c([N+](=O)[O-])c1)N[C@H](O)C=C2. The highest BCUT2D eigenvalue weighted by Gasteiger charge is 2.25. The van der Waals surface area contributed by atoms with Gasteiger partial charge in [0.2, 0.25) is 0 Å². The zero-order chi connectivity index (χ0) is 12.6. The number of fused-ring (bicyclic) bond motifs is 1. The van der Waals surface area contributed by atoms with Crippen molar-refractivity contribution in [3.8, 4) is 0 Å². The largest absolute Gasteiger partial charge is 0.370 e. The Kier molecular flexibility index (Phi) is 2.48. The van der Waals surface area contributed by atoms with Gasteiger partial charge in [0, 0.05) is 11.6 Å². The van der Waals surface area contributed by atoms with Gasteiger partial charge in [0.15, 0.2) is 0 Å². The predicted octanol–water partition coefficient (Wildman–Crippen LogP) is 1.26. The minimum absolute atomic E-state index is 0.0793. The number of nitrogens with zero attached hydrogens (tertiary/aromatic N) is 2. The first-order valence-corrected chi connectivity index (χ1v) is 4.58. The van der Waals surface area contributed by atoms with Crippen molar-refractivity contribution >= 4 is 23.1 Å². The average Bonchev–Trinajstić information content (AvgIpc) is 2.27. The molecular formula is C9H7N3O5. The Morgan fingerprint density at radius 3 is 2.53 bits per heavy atom. The second-order valence-corrected chi connectivity index (χ2v) is 3.39. The van der Waals surface area contributed by atoms with E-state index >= 15 is 0 Å². The number of nitro groups is 2. The van der Waals surface area contributed by atoms with Crippen molar-refractivity contribution in [1.82, 2.24) is 0 Å². The van der Waals surface area contributed by atoms with Crippen LogP contribution < -0.4 is 5.32 Å². The molecule has 1 heterocycles. The average molecular weight is 237 g/mol. The van der Waals surface area contributed by atoms with Crippen LogP contribution in [0.3, 0.4) is 0 Å². The van der Waals surface area contributed by atoms with E-state index in [0.29, 0.717) is 5.56 Å². The van der Waals surface area contributed by atoms with Gasteiger partial charge in [-0.3, -0.25) is 20.2 Å². The number of non-ortho nitro benzene ring substituents is 1. The van der Waals surface area contributed by atoms with Gasteiger partial charge < -0.3 is 10.4 Å². The Labute approximate surface area is 94.5 Å². The first-order valence-electron chi connectivity index (χ1n) is 4.58. The Balaban J connectivity index is 2.65. The summed E-state index contributed by atoms with van der Waals surface area (Å²) >= 11 is 0. The van der Waals surface area contributed by atoms with Crippen molar-refractivity contribution in [2.75, 3.05) is 5.32 Å². The van der Waals surface area contributed by atoms with Crippen LogP contribution >= 0.6 is 0 Å². The minimum Gasteiger partial charge on any atom is -0.370 e. The summed E-state index contributed by atoms with van der Waals surface area (Å²) in [5.74, 6) is 0. The third kappa shape index (κ3) is 1.93. The number of nitro benzene ring substituents is 2. The molecule has 8 nitrogen and oxygen atoms in total. The van der Waals surface area contributed by atoms with Crippen LogP contribution in [0.2, 0.25) is 0 Å². The van der Waals surface area contributed by atoms with E-state index in [4.69, 9.17) is 0 Å². The number of rotatable bonds is 2. The molecule has 0 amide bonds. The number of hydrogen-bond acceptors (Lipinski definition) is 6. The van der Waals surface area contributed by atoms with E-state index in [0.717, 1.165) is 6.07 Å². The molecule has 8 heteroatoms. The van der Waals surface area contributed by atoms with E-state index in [1.54, 1.807) is 0 Å². The number of benzene rings is 1. The highest BCUT2D eigenvalue weighted by atomic mass is 16.6. The lowest BCUT2D eigenvalue weighted by Gasteiger charge is -2.17. The summed E-state index contributed by atoms with van der Waals surface area (Å²) in [6.45, 7) is 0. The van der Waals surface area contributed by atoms with Crippen LogP contribution in [0, 0.1) is 20.2 Å². The van der Waals surface area contributed by atoms with Crippen molar-refractivity contribution in [3.05, 3.63) is 44.0 Å². The van der Waals surface area contributed by atoms with Crippen molar-refractivity contribution in [1.29, 1.82) is 0 Å². The molecule has 0 aromatic heterocycles. The van der Waals surface area contributed by atoms with Crippen LogP contribution in [-0.2, 0) is 0 Å². The first-order chi connectivity index (χ1) is 7.99. The van der Waals surface area contributed by atoms with Gasteiger partial charge in [0.25, 0.3) is 11.4 Å². The van der Waals surface area contributed by atoms with Gasteiger partial charge in [-0.15, -0.1) is 0 Å². The maximum absolute atomic E-state index is 10.8. The molecule has 0 bridgehead atoms. The van der Waals surface area contributed by atoms with Gasteiger partial charge in [0.1, 0.15) is 11.9 Å². The number of nitrogens with one attached hydrogen (secondary N) is 1. The normalized spacial score (nSPS) is 17.1. The fourth-order valence-electron chi connectivity index (χ4n) is 1.56. The van der Waals surface area contributed by atoms with E-state index in [-0.39, 0.29) is 11.4 Å². The van der Waals surface area contributed by atoms with Crippen LogP contribution in [0.25, 0.3) is 6.08 Å². The van der Waals surface area contributed by atoms with E-state index in [2.05, 4.69) is 5.32 Å². The number of anilines is 1. The molecule has 0 saturated carbocycles. The topological polar surface area (TPSA) is 119 Å². The molecule has 0 aliphatic carbocycles. The molecule has 0 unspecified atom stereocenters. The molecule has 17 heavy (non-hydrogen) atoms. The smallest absolute Gasteiger partial charge is 0.299 e. The monoisotopic (exact) mass is 237 g/mol. The van der Waals surface area contributed by atoms with Crippen molar-refractivity contribution < 1.29 is 15.0 Å². The van der Waals surface area contributed by atoms with Gasteiger partial charge in [-0.1, -0.05) is 6.08 Å². The van der Waals surface area contributed by atoms with Crippen molar-refractivity contribution in [2.24, 2.45) is 0 Å². The van der Waals surface area contributed by atoms with Crippen LogP contribution in [0.15, 0.2) is 18.2 Å². The van der Waals surface area contributed by atoms with Crippen LogP contribution in [0.4, 0.5) is 17.1 Å². The molecule has 2 N–H and O–H groups in total. The van der Waals surface area contributed by atoms with Gasteiger partial charge >= 0.3 is 0 Å². The lowest BCUT2D eigenvalue weighted by atomic mass is 10.1. The number of aliphatic hydroxyl groups excluding tert-OH is 1. The van der Waals surface area contributed by atoms with Crippen molar-refractivity contribution in [3.63, 3.8) is 0 Å². The predicted molar refractivity (Wildman–Crippen MR) is 58.4 cm³/mol. The molecule has 0 fully saturated rings. The highest BCUT2D eigenvalue weighted by Crippen LogP contribution is 2.36. The summed E-state index contributed by atoms with van der Waals surface area (Å²) in [5.41, 5.74) is -0.414. The summed E-state index contributed by atoms with van der Waals surface area (Å²) in [7, 11) is 0. The molecule has 2 rings (SSSR count). The molecule has 1 aromatic carbocycles. The highest BCUT2D eigenvalue weighted by molar-refractivity contribution is 5.80. The second kappa shape index (κ2) is 3.83. The van der Waals surface area contributed by atoms with Crippen LogP contribution in [0.5, 0.6) is 0 Å². The lowest BCUT2D eigenvalue weighted by molar-refractivity contribution is -0.393. The zero-order valence-electron chi connectivity index (χ0n) is 8.36. The van der Waals surface area contributed by atoms with Gasteiger partial charge in [-0.05, 0) is 6.08 Å². The third-order valence-corrected chi connectivity index (χ3v) is 2.29. The first kappa shape index (κ1) is 11.0. The number of aliphatic hydroxyl groups is 1. The fourth-order valence-corrected chi connectivity index (χ4v) is 1.56. The molecule has 1 aliphatic heterocycles. The van der Waals surface area contributed by atoms with Crippen LogP contribution in [0.1, 0.15) is 5.56 Å². The summed E-state index contributed by atoms with van der Waals surface area (Å²) in [4.78, 5) is 20.0. The maximum Gasteiger partial charge on any atom is 0.299 e. The van der Waals surface area contributed by atoms with E-state index in [1.807, 2.05) is 0 Å². The Hall–Kier alpha value is -2.48. The Morgan fingerprint density at radius 1 is 1.24 bits per heavy atom. The van der Waals surface area contributed by atoms with Crippen molar-refractivity contribution in [2.45, 2.75) is 6.23 Å². The summed E-state index contributed by atoms with van der Waals surface area (Å²) in [6.07, 6.45) is 1.70. The third-order valence-electron chi connectivity index (χ3n) is 2.29. The standard InChI is InChI=1S/C9H7N3O5/c13-8-2-1-5-3-6(11(14)15)4-7(12(16)17)9(5)10-8/h1-4,8,10,13H/t8-/m1/s1. The fraction of sp³-hybridized carbons (Fsp3) is 0.111. The molecule has 0 saturated heterocycles. The van der Waals surface area contributed by atoms with E-state index < -0.39 is 21.8 Å². The van der Waals surface area contributed by atoms with Gasteiger partial charge in [-0.25, -0.2) is 0 Å². The number of hydrogen-bond donors (Lipinski definition) is 2. The lowest BCUT2D eigenvalue weighted by Crippen LogP contribution is -2.20. The van der Waals surface area contributed by atoms with E-state index in [9.17, 15) is 25.3 Å². The van der Waals surface area contributed by atoms with Gasteiger partial charge in [-0.2, -0.15) is 0 Å². The van der Waals surface area contributed by atoms with Crippen LogP contribution in [-0.4, -0.2) is 21.2 Å². The molecule has 88 valence electrons. The molecule has 0 radical (unpaired) electrons. The quantitative estimate of drug-likeness (QED) is 0.590. The molecule has 1 aliphatic rings. The zero-order valence-corrected chi connectivity index (χ0v) is 8.36. The summed E-state index contributed by atoms with van der Waals surface area (Å²) < 4.78 is 0. The summed E-state index contributed by atoms with van der Waals surface area (Å²) in [6, 6.07) is 2.06. The molecule has 1 aromatic rings. The minimum atomic E-state index is -1.04. The van der Waals surface area contributed by atoms with Gasteiger partial charge in [0.05, 0.1) is 15.9 Å². The molecular weight excluding hydrogens is 230 g/mol. The Bertz CT molecular complexity index is 540. The van der Waals surface area contributed by atoms with E-state index in [1.165, 1.54) is 18.2 Å². The summed E-state index contributed by atoms with van der Waals surface area (Å²) in [5, 5.41) is 33.2. The second-order valence-electron chi connectivity index (χ2n) is 3.39. The Morgan fingerprint density at radius 2 is 1.94 bits per heavy atom. The maximum atomic E-state index is 10.8. The molecule has 0 spiro atoms. The molecule has 1 atom stereocenters.